The van der Waals surface area contributed by atoms with E-state index in [4.69, 9.17) is 10.8 Å². The van der Waals surface area contributed by atoms with Crippen LogP contribution in [0, 0.1) is 10.1 Å². The Hall–Kier alpha value is -1.66. The number of nitrogens with zero attached hydrogens (tertiary/aromatic N) is 1. The second-order valence-corrected chi connectivity index (χ2v) is 3.07. The highest BCUT2D eigenvalue weighted by molar-refractivity contribution is 5.85. The molecule has 88 valence electrons. The average molecular weight is 247 g/mol. The van der Waals surface area contributed by atoms with Crippen LogP contribution in [0.2, 0.25) is 0 Å². The molecule has 6 nitrogen and oxygen atoms in total. The number of carbonyl (C=O) groups is 1. The van der Waals surface area contributed by atoms with Crippen molar-refractivity contribution in [3.8, 4) is 0 Å². The number of nitro benzene ring substituents is 1. The van der Waals surface area contributed by atoms with Gasteiger partial charge >= 0.3 is 5.97 Å². The fourth-order valence-corrected chi connectivity index (χ4v) is 1.09. The molecule has 1 aromatic rings. The van der Waals surface area contributed by atoms with Crippen LogP contribution in [0.3, 0.4) is 0 Å². The van der Waals surface area contributed by atoms with Gasteiger partial charge in [-0.15, -0.1) is 12.4 Å². The molecule has 0 aliphatic carbocycles. The molecular formula is C9H11ClN2O4. The molecule has 0 saturated heterocycles. The highest BCUT2D eigenvalue weighted by Crippen LogP contribution is 2.12. The van der Waals surface area contributed by atoms with Crippen LogP contribution in [0.1, 0.15) is 5.56 Å². The maximum absolute atomic E-state index is 10.4. The van der Waals surface area contributed by atoms with Crippen LogP contribution in [0.25, 0.3) is 0 Å². The summed E-state index contributed by atoms with van der Waals surface area (Å²) in [4.78, 5) is 20.3. The molecule has 0 fully saturated rings. The molecule has 0 spiro atoms. The molecular weight excluding hydrogens is 236 g/mol. The van der Waals surface area contributed by atoms with Crippen LogP contribution in [0.4, 0.5) is 5.69 Å². The van der Waals surface area contributed by atoms with Gasteiger partial charge in [-0.05, 0) is 12.0 Å². The van der Waals surface area contributed by atoms with Crippen LogP contribution < -0.4 is 5.73 Å². The minimum Gasteiger partial charge on any atom is -0.480 e. The van der Waals surface area contributed by atoms with E-state index in [1.165, 1.54) is 24.3 Å². The second-order valence-electron chi connectivity index (χ2n) is 3.07. The summed E-state index contributed by atoms with van der Waals surface area (Å²) in [5.41, 5.74) is 5.95. The fourth-order valence-electron chi connectivity index (χ4n) is 1.09. The van der Waals surface area contributed by atoms with Crippen molar-refractivity contribution in [3.63, 3.8) is 0 Å². The second kappa shape index (κ2) is 6.04. The van der Waals surface area contributed by atoms with E-state index in [9.17, 15) is 14.9 Å². The maximum Gasteiger partial charge on any atom is 0.320 e. The lowest BCUT2D eigenvalue weighted by molar-refractivity contribution is -0.384. The maximum atomic E-state index is 10.4. The quantitative estimate of drug-likeness (QED) is 0.608. The molecule has 7 heteroatoms. The molecule has 0 aliphatic heterocycles. The number of non-ortho nitro benzene ring substituents is 1. The fraction of sp³-hybridized carbons (Fsp3) is 0.222. The van der Waals surface area contributed by atoms with Gasteiger partial charge in [0.15, 0.2) is 0 Å². The number of carboxylic acids is 1. The minimum absolute atomic E-state index is 0. The van der Waals surface area contributed by atoms with Gasteiger partial charge in [0.25, 0.3) is 5.69 Å². The third kappa shape index (κ3) is 3.84. The Morgan fingerprint density at radius 3 is 2.31 bits per heavy atom. The predicted molar refractivity (Wildman–Crippen MR) is 59.7 cm³/mol. The summed E-state index contributed by atoms with van der Waals surface area (Å²) >= 11 is 0. The number of hydrogen-bond acceptors (Lipinski definition) is 4. The number of nitrogens with two attached hydrogens (primary N) is 1. The number of hydrogen-bond donors (Lipinski definition) is 2. The molecule has 1 rings (SSSR count). The molecule has 0 heterocycles. The Labute approximate surface area is 97.6 Å². The molecule has 0 radical (unpaired) electrons. The number of benzene rings is 1. The zero-order valence-corrected chi connectivity index (χ0v) is 9.02. The lowest BCUT2D eigenvalue weighted by atomic mass is 10.1. The first-order valence-electron chi connectivity index (χ1n) is 4.22. The summed E-state index contributed by atoms with van der Waals surface area (Å²) in [5.74, 6) is -1.09. The monoisotopic (exact) mass is 246 g/mol. The van der Waals surface area contributed by atoms with Crippen molar-refractivity contribution >= 4 is 24.1 Å². The van der Waals surface area contributed by atoms with E-state index in [1.54, 1.807) is 0 Å². The van der Waals surface area contributed by atoms with Crippen molar-refractivity contribution in [3.05, 3.63) is 39.9 Å². The van der Waals surface area contributed by atoms with Gasteiger partial charge in [-0.3, -0.25) is 14.9 Å². The molecule has 16 heavy (non-hydrogen) atoms. The third-order valence-corrected chi connectivity index (χ3v) is 1.92. The SMILES string of the molecule is Cl.N[C@H](Cc1ccc([N+](=O)[O-])cc1)C(=O)O. The largest absolute Gasteiger partial charge is 0.480 e. The topological polar surface area (TPSA) is 106 Å². The van der Waals surface area contributed by atoms with Crippen LogP contribution >= 0.6 is 12.4 Å². The normalized spacial score (nSPS) is 11.3. The van der Waals surface area contributed by atoms with Crippen molar-refractivity contribution in [2.24, 2.45) is 5.73 Å². The lowest BCUT2D eigenvalue weighted by Gasteiger charge is -2.05. The summed E-state index contributed by atoms with van der Waals surface area (Å²) < 4.78 is 0. The van der Waals surface area contributed by atoms with Gasteiger partial charge in [-0.25, -0.2) is 0 Å². The van der Waals surface area contributed by atoms with E-state index in [0.717, 1.165) is 0 Å². The first kappa shape index (κ1) is 14.3. The van der Waals surface area contributed by atoms with Crippen molar-refractivity contribution in [1.29, 1.82) is 0 Å². The summed E-state index contributed by atoms with van der Waals surface area (Å²) in [6.07, 6.45) is 0.160. The van der Waals surface area contributed by atoms with Gasteiger partial charge in [0.1, 0.15) is 6.04 Å². The zero-order valence-electron chi connectivity index (χ0n) is 8.20. The first-order chi connectivity index (χ1) is 7.00. The van der Waals surface area contributed by atoms with Crippen LogP contribution in [0.15, 0.2) is 24.3 Å². The molecule has 0 bridgehead atoms. The number of halogens is 1. The van der Waals surface area contributed by atoms with Gasteiger partial charge in [-0.2, -0.15) is 0 Å². The Bertz CT molecular complexity index is 380. The number of aliphatic carboxylic acids is 1. The Kier molecular flexibility index (Phi) is 5.41. The molecule has 1 aromatic carbocycles. The summed E-state index contributed by atoms with van der Waals surface area (Å²) in [6.45, 7) is 0. The highest BCUT2D eigenvalue weighted by Gasteiger charge is 2.12. The van der Waals surface area contributed by atoms with E-state index in [0.29, 0.717) is 5.56 Å². The van der Waals surface area contributed by atoms with E-state index < -0.39 is 16.9 Å². The predicted octanol–water partition coefficient (Wildman–Crippen LogP) is 0.971. The Morgan fingerprint density at radius 2 is 1.94 bits per heavy atom. The zero-order chi connectivity index (χ0) is 11.4. The highest BCUT2D eigenvalue weighted by atomic mass is 35.5. The molecule has 0 unspecified atom stereocenters. The van der Waals surface area contributed by atoms with Gasteiger partial charge in [0, 0.05) is 12.1 Å². The van der Waals surface area contributed by atoms with E-state index >= 15 is 0 Å². The molecule has 0 amide bonds. The van der Waals surface area contributed by atoms with Gasteiger partial charge in [0.05, 0.1) is 4.92 Å². The van der Waals surface area contributed by atoms with Crippen molar-refractivity contribution in [2.75, 3.05) is 0 Å². The van der Waals surface area contributed by atoms with E-state index in [1.807, 2.05) is 0 Å². The number of rotatable bonds is 4. The lowest BCUT2D eigenvalue weighted by Crippen LogP contribution is -2.32. The standard InChI is InChI=1S/C9H10N2O4.ClH/c10-8(9(12)13)5-6-1-3-7(4-2-6)11(14)15;/h1-4,8H,5,10H2,(H,12,13);1H/t8-;/m1./s1. The minimum atomic E-state index is -1.09. The first-order valence-corrected chi connectivity index (χ1v) is 4.22. The number of carboxylic acid groups (broad SMARTS) is 1. The van der Waals surface area contributed by atoms with Crippen molar-refractivity contribution in [2.45, 2.75) is 12.5 Å². The average Bonchev–Trinajstić information content (AvgIpc) is 2.18. The van der Waals surface area contributed by atoms with Gasteiger partial charge in [0.2, 0.25) is 0 Å². The number of nitro groups is 1. The van der Waals surface area contributed by atoms with Gasteiger partial charge < -0.3 is 10.8 Å². The van der Waals surface area contributed by atoms with Crippen molar-refractivity contribution in [1.82, 2.24) is 0 Å². The molecule has 0 saturated carbocycles. The summed E-state index contributed by atoms with van der Waals surface area (Å²) in [6, 6.07) is 4.67. The Morgan fingerprint density at radius 1 is 1.44 bits per heavy atom. The van der Waals surface area contributed by atoms with E-state index in [2.05, 4.69) is 0 Å². The molecule has 3 N–H and O–H groups in total. The third-order valence-electron chi connectivity index (χ3n) is 1.92. The van der Waals surface area contributed by atoms with Crippen LogP contribution in [-0.2, 0) is 11.2 Å². The van der Waals surface area contributed by atoms with Crippen molar-refractivity contribution < 1.29 is 14.8 Å². The Balaban J connectivity index is 0.00000225. The van der Waals surface area contributed by atoms with Crippen LogP contribution in [-0.4, -0.2) is 22.0 Å². The molecule has 1 atom stereocenters. The summed E-state index contributed by atoms with van der Waals surface area (Å²) in [7, 11) is 0. The van der Waals surface area contributed by atoms with Gasteiger partial charge in [-0.1, -0.05) is 12.1 Å². The van der Waals surface area contributed by atoms with Crippen LogP contribution in [0.5, 0.6) is 0 Å². The smallest absolute Gasteiger partial charge is 0.320 e. The summed E-state index contributed by atoms with van der Waals surface area (Å²) in [5, 5.41) is 18.9. The van der Waals surface area contributed by atoms with E-state index in [-0.39, 0.29) is 24.5 Å². The molecule has 0 aromatic heterocycles. The molecule has 0 aliphatic rings.